The summed E-state index contributed by atoms with van der Waals surface area (Å²) in [6, 6.07) is 12.8. The molecule has 35 heavy (non-hydrogen) atoms. The van der Waals surface area contributed by atoms with Crippen LogP contribution in [0, 0.1) is 5.41 Å². The molecule has 0 spiro atoms. The Hall–Kier alpha value is -2.54. The molecule has 0 saturated carbocycles. The topological polar surface area (TPSA) is 70.7 Å². The molecule has 1 heterocycles. The van der Waals surface area contributed by atoms with E-state index in [0.29, 0.717) is 35.2 Å². The smallest absolute Gasteiger partial charge is 0.239 e. The molecule has 2 aromatic carbocycles. The van der Waals surface area contributed by atoms with Crippen molar-refractivity contribution in [2.75, 3.05) is 37.0 Å². The molecule has 0 radical (unpaired) electrons. The summed E-state index contributed by atoms with van der Waals surface area (Å²) < 4.78 is 5.08. The number of Topliss-reactive ketones (excluding diaryl/α,β-unsaturated/α-hetero) is 1. The number of hydrogen-bond donors (Lipinski definition) is 2. The number of ketones is 1. The van der Waals surface area contributed by atoms with E-state index in [1.807, 2.05) is 35.2 Å². The minimum absolute atomic E-state index is 0.0677. The van der Waals surface area contributed by atoms with E-state index in [1.54, 1.807) is 19.2 Å². The van der Waals surface area contributed by atoms with E-state index in [2.05, 4.69) is 24.5 Å². The van der Waals surface area contributed by atoms with E-state index in [9.17, 15) is 9.59 Å². The van der Waals surface area contributed by atoms with Crippen LogP contribution in [-0.4, -0.2) is 38.5 Å². The second kappa shape index (κ2) is 10.6. The van der Waals surface area contributed by atoms with Gasteiger partial charge in [0.05, 0.1) is 34.0 Å². The number of halogens is 2. The van der Waals surface area contributed by atoms with Crippen LogP contribution in [0.4, 0.5) is 11.4 Å². The van der Waals surface area contributed by atoms with E-state index in [-0.39, 0.29) is 23.7 Å². The van der Waals surface area contributed by atoms with E-state index in [4.69, 9.17) is 27.9 Å². The molecule has 0 saturated heterocycles. The van der Waals surface area contributed by atoms with Gasteiger partial charge in [0, 0.05) is 38.0 Å². The van der Waals surface area contributed by atoms with Crippen LogP contribution in [-0.2, 0) is 14.3 Å². The van der Waals surface area contributed by atoms with Crippen molar-refractivity contribution < 1.29 is 14.3 Å². The molecule has 0 fully saturated rings. The van der Waals surface area contributed by atoms with Gasteiger partial charge in [-0.3, -0.25) is 9.59 Å². The first-order valence-electron chi connectivity index (χ1n) is 11.8. The van der Waals surface area contributed by atoms with Crippen LogP contribution in [0.2, 0.25) is 10.0 Å². The van der Waals surface area contributed by atoms with Crippen molar-refractivity contribution in [2.45, 2.75) is 39.2 Å². The Balaban J connectivity index is 1.83. The van der Waals surface area contributed by atoms with Gasteiger partial charge in [0.25, 0.3) is 0 Å². The largest absolute Gasteiger partial charge is 0.385 e. The van der Waals surface area contributed by atoms with Crippen molar-refractivity contribution in [1.82, 2.24) is 5.32 Å². The average molecular weight is 516 g/mol. The maximum absolute atomic E-state index is 13.7. The zero-order chi connectivity index (χ0) is 25.2. The molecule has 2 N–H and O–H groups in total. The number of fused-ring (bicyclic) bond motifs is 1. The zero-order valence-electron chi connectivity index (χ0n) is 20.3. The number of ether oxygens (including phenoxy) is 1. The van der Waals surface area contributed by atoms with Gasteiger partial charge in [0.15, 0.2) is 5.78 Å². The second-order valence-corrected chi connectivity index (χ2v) is 10.7. The Kier molecular flexibility index (Phi) is 7.74. The molecule has 6 nitrogen and oxygen atoms in total. The molecule has 186 valence electrons. The van der Waals surface area contributed by atoms with Gasteiger partial charge in [0.2, 0.25) is 5.91 Å². The number of methoxy groups -OCH3 is 1. The highest BCUT2D eigenvalue weighted by molar-refractivity contribution is 6.42. The maximum atomic E-state index is 13.7. The van der Waals surface area contributed by atoms with Crippen LogP contribution in [0.5, 0.6) is 0 Å². The van der Waals surface area contributed by atoms with E-state index >= 15 is 0 Å². The number of carbonyl (C=O) groups is 2. The summed E-state index contributed by atoms with van der Waals surface area (Å²) in [5.41, 5.74) is 3.90. The monoisotopic (exact) mass is 515 g/mol. The predicted molar refractivity (Wildman–Crippen MR) is 141 cm³/mol. The van der Waals surface area contributed by atoms with Crippen molar-refractivity contribution >= 4 is 46.3 Å². The first-order chi connectivity index (χ1) is 16.7. The van der Waals surface area contributed by atoms with Gasteiger partial charge in [-0.2, -0.15) is 0 Å². The lowest BCUT2D eigenvalue weighted by molar-refractivity contribution is -0.120. The van der Waals surface area contributed by atoms with Gasteiger partial charge < -0.3 is 20.3 Å². The number of rotatable bonds is 7. The van der Waals surface area contributed by atoms with Crippen molar-refractivity contribution in [2.24, 2.45) is 5.41 Å². The Morgan fingerprint density at radius 2 is 1.94 bits per heavy atom. The fraction of sp³-hybridized carbons (Fsp3) is 0.407. The Bertz CT molecular complexity index is 1160. The molecule has 1 aliphatic carbocycles. The van der Waals surface area contributed by atoms with Gasteiger partial charge in [-0.1, -0.05) is 55.2 Å². The molecule has 1 atom stereocenters. The third-order valence-corrected chi connectivity index (χ3v) is 7.16. The van der Waals surface area contributed by atoms with Crippen molar-refractivity contribution in [3.05, 3.63) is 69.3 Å². The number of nitrogens with one attached hydrogen (secondary N) is 2. The summed E-state index contributed by atoms with van der Waals surface area (Å²) in [4.78, 5) is 28.7. The van der Waals surface area contributed by atoms with Gasteiger partial charge in [-0.25, -0.2) is 0 Å². The lowest BCUT2D eigenvalue weighted by Crippen LogP contribution is -2.42. The van der Waals surface area contributed by atoms with E-state index in [0.717, 1.165) is 35.5 Å². The molecular formula is C27H31Cl2N3O3. The van der Waals surface area contributed by atoms with Crippen molar-refractivity contribution in [3.8, 4) is 0 Å². The molecular weight excluding hydrogens is 485 g/mol. The standard InChI is InChI=1S/C27H31Cl2N3O3/c1-27(2)14-21-25(23(33)15-27)26(17-9-10-18(28)19(29)13-17)32(16-24(34)30-11-6-12-35-3)22-8-5-4-7-20(22)31-21/h4-5,7-10,13,26,31H,6,11-12,14-16H2,1-3H3,(H,30,34). The first-order valence-corrected chi connectivity index (χ1v) is 12.6. The predicted octanol–water partition coefficient (Wildman–Crippen LogP) is 5.76. The normalized spacial score (nSPS) is 18.9. The number of allylic oxidation sites excluding steroid dienone is 1. The van der Waals surface area contributed by atoms with Crippen molar-refractivity contribution in [3.63, 3.8) is 0 Å². The Morgan fingerprint density at radius 1 is 1.17 bits per heavy atom. The van der Waals surface area contributed by atoms with Crippen LogP contribution in [0.15, 0.2) is 53.7 Å². The van der Waals surface area contributed by atoms with E-state index < -0.39 is 6.04 Å². The third-order valence-electron chi connectivity index (χ3n) is 6.42. The summed E-state index contributed by atoms with van der Waals surface area (Å²) >= 11 is 12.7. The number of benzene rings is 2. The summed E-state index contributed by atoms with van der Waals surface area (Å²) in [6.07, 6.45) is 1.87. The molecule has 0 aromatic heterocycles. The number of amides is 1. The lowest BCUT2D eigenvalue weighted by Gasteiger charge is -2.38. The van der Waals surface area contributed by atoms with Crippen LogP contribution in [0.1, 0.15) is 44.7 Å². The third kappa shape index (κ3) is 5.66. The number of carbonyl (C=O) groups excluding carboxylic acids is 2. The number of anilines is 2. The molecule has 4 rings (SSSR count). The minimum Gasteiger partial charge on any atom is -0.385 e. The van der Waals surface area contributed by atoms with Crippen molar-refractivity contribution in [1.29, 1.82) is 0 Å². The number of nitrogens with zero attached hydrogens (tertiary/aromatic N) is 1. The summed E-state index contributed by atoms with van der Waals surface area (Å²) in [6.45, 7) is 5.37. The molecule has 8 heteroatoms. The maximum Gasteiger partial charge on any atom is 0.239 e. The summed E-state index contributed by atoms with van der Waals surface area (Å²) in [5.74, 6) is -0.0632. The van der Waals surface area contributed by atoms with Crippen LogP contribution in [0.25, 0.3) is 0 Å². The van der Waals surface area contributed by atoms with Crippen LogP contribution in [0.3, 0.4) is 0 Å². The second-order valence-electron chi connectivity index (χ2n) is 9.88. The first kappa shape index (κ1) is 25.5. The van der Waals surface area contributed by atoms with E-state index in [1.165, 1.54) is 0 Å². The SMILES string of the molecule is COCCCNC(=O)CN1c2ccccc2NC2=C(C(=O)CC(C)(C)C2)C1c1ccc(Cl)c(Cl)c1. The number of hydrogen-bond acceptors (Lipinski definition) is 5. The van der Waals surface area contributed by atoms with Gasteiger partial charge in [-0.15, -0.1) is 0 Å². The zero-order valence-corrected chi connectivity index (χ0v) is 21.8. The highest BCUT2D eigenvalue weighted by atomic mass is 35.5. The van der Waals surface area contributed by atoms with Gasteiger partial charge >= 0.3 is 0 Å². The minimum atomic E-state index is -0.496. The molecule has 1 unspecified atom stereocenters. The lowest BCUT2D eigenvalue weighted by atomic mass is 9.73. The molecule has 1 amide bonds. The van der Waals surface area contributed by atoms with Gasteiger partial charge in [0.1, 0.15) is 0 Å². The highest BCUT2D eigenvalue weighted by Gasteiger charge is 2.42. The Labute approximate surface area is 216 Å². The fourth-order valence-corrected chi connectivity index (χ4v) is 5.22. The van der Waals surface area contributed by atoms with Gasteiger partial charge in [-0.05, 0) is 48.1 Å². The quantitative estimate of drug-likeness (QED) is 0.458. The van der Waals surface area contributed by atoms with Crippen LogP contribution >= 0.6 is 23.2 Å². The highest BCUT2D eigenvalue weighted by Crippen LogP contribution is 2.48. The fourth-order valence-electron chi connectivity index (χ4n) is 4.91. The van der Waals surface area contributed by atoms with Crippen LogP contribution < -0.4 is 15.5 Å². The number of para-hydroxylation sites is 2. The molecule has 2 aromatic rings. The summed E-state index contributed by atoms with van der Waals surface area (Å²) in [5, 5.41) is 7.37. The Morgan fingerprint density at radius 3 is 2.69 bits per heavy atom. The molecule has 1 aliphatic heterocycles. The molecule has 0 bridgehead atoms. The summed E-state index contributed by atoms with van der Waals surface area (Å²) in [7, 11) is 1.64. The average Bonchev–Trinajstić information content (AvgIpc) is 2.92. The molecule has 2 aliphatic rings.